The van der Waals surface area contributed by atoms with Crippen LogP contribution in [0.25, 0.3) is 0 Å². The molecule has 42 heavy (non-hydrogen) atoms. The fourth-order valence-electron chi connectivity index (χ4n) is 5.07. The van der Waals surface area contributed by atoms with Crippen molar-refractivity contribution in [3.8, 4) is 0 Å². The molecule has 0 saturated heterocycles. The lowest BCUT2D eigenvalue weighted by Crippen LogP contribution is -2.15. The van der Waals surface area contributed by atoms with Gasteiger partial charge in [0.15, 0.2) is 0 Å². The standard InChI is InChI=1S/C34H58O7S/c1-2-3-4-5-6-7-8-9-10-11-12-13-14-15-16-17-18-19-20-23-28-40-33(35)31-26-21-22-27-32(31)34(36)41-29-24-25-30-42(37,38)39/h21-22,26-27H,2-20,23-25,28-30H2,1H3,(H,37,38,39). The molecule has 0 radical (unpaired) electrons. The van der Waals surface area contributed by atoms with Gasteiger partial charge in [0, 0.05) is 0 Å². The van der Waals surface area contributed by atoms with E-state index in [0.29, 0.717) is 6.61 Å². The molecule has 242 valence electrons. The number of esters is 2. The first-order valence-electron chi connectivity index (χ1n) is 16.7. The number of unbranched alkanes of at least 4 members (excludes halogenated alkanes) is 20. The molecule has 1 aromatic carbocycles. The highest BCUT2D eigenvalue weighted by Gasteiger charge is 2.19. The van der Waals surface area contributed by atoms with Crippen molar-refractivity contribution in [1.82, 2.24) is 0 Å². The lowest BCUT2D eigenvalue weighted by molar-refractivity contribution is 0.0451. The third kappa shape index (κ3) is 21.7. The summed E-state index contributed by atoms with van der Waals surface area (Å²) in [5.41, 5.74) is 0.286. The molecule has 0 aliphatic carbocycles. The highest BCUT2D eigenvalue weighted by atomic mass is 32.2. The molecule has 8 heteroatoms. The van der Waals surface area contributed by atoms with E-state index in [-0.39, 0.29) is 36.3 Å². The minimum absolute atomic E-state index is 0.00284. The van der Waals surface area contributed by atoms with Crippen LogP contribution in [0, 0.1) is 0 Å². The van der Waals surface area contributed by atoms with Gasteiger partial charge in [-0.25, -0.2) is 9.59 Å². The van der Waals surface area contributed by atoms with Crippen LogP contribution in [0.2, 0.25) is 0 Å². The zero-order valence-corrected chi connectivity index (χ0v) is 27.1. The smallest absolute Gasteiger partial charge is 0.339 e. The Morgan fingerprint density at radius 1 is 0.548 bits per heavy atom. The van der Waals surface area contributed by atoms with Crippen LogP contribution in [0.1, 0.15) is 169 Å². The van der Waals surface area contributed by atoms with Gasteiger partial charge >= 0.3 is 11.9 Å². The van der Waals surface area contributed by atoms with Gasteiger partial charge in [-0.3, -0.25) is 4.55 Å². The summed E-state index contributed by atoms with van der Waals surface area (Å²) in [7, 11) is -4.03. The monoisotopic (exact) mass is 610 g/mol. The van der Waals surface area contributed by atoms with Crippen molar-refractivity contribution in [1.29, 1.82) is 0 Å². The van der Waals surface area contributed by atoms with E-state index in [1.165, 1.54) is 121 Å². The first kappa shape index (κ1) is 38.1. The molecule has 0 aliphatic heterocycles. The van der Waals surface area contributed by atoms with E-state index in [2.05, 4.69) is 6.92 Å². The summed E-state index contributed by atoms with van der Waals surface area (Å²) >= 11 is 0. The largest absolute Gasteiger partial charge is 0.462 e. The molecule has 0 unspecified atom stereocenters. The molecule has 0 aromatic heterocycles. The van der Waals surface area contributed by atoms with Crippen molar-refractivity contribution in [3.63, 3.8) is 0 Å². The van der Waals surface area contributed by atoms with Gasteiger partial charge in [0.1, 0.15) is 0 Å². The van der Waals surface area contributed by atoms with Gasteiger partial charge in [-0.2, -0.15) is 8.42 Å². The molecule has 0 atom stereocenters. The zero-order valence-electron chi connectivity index (χ0n) is 26.3. The van der Waals surface area contributed by atoms with Gasteiger partial charge in [0.2, 0.25) is 0 Å². The Hall–Kier alpha value is -1.93. The van der Waals surface area contributed by atoms with E-state index < -0.39 is 22.1 Å². The number of ether oxygens (including phenoxy) is 2. The van der Waals surface area contributed by atoms with Crippen LogP contribution in [0.15, 0.2) is 24.3 Å². The van der Waals surface area contributed by atoms with E-state index in [9.17, 15) is 18.0 Å². The maximum atomic E-state index is 12.5. The predicted octanol–water partition coefficient (Wildman–Crippen LogP) is 9.49. The van der Waals surface area contributed by atoms with E-state index in [4.69, 9.17) is 14.0 Å². The molecule has 1 aromatic rings. The molecule has 0 amide bonds. The summed E-state index contributed by atoms with van der Waals surface area (Å²) in [6.45, 7) is 2.59. The zero-order chi connectivity index (χ0) is 30.7. The fraction of sp³-hybridized carbons (Fsp3) is 0.765. The average Bonchev–Trinajstić information content (AvgIpc) is 2.97. The molecule has 0 aliphatic rings. The first-order valence-corrected chi connectivity index (χ1v) is 18.3. The third-order valence-electron chi connectivity index (χ3n) is 7.63. The van der Waals surface area contributed by atoms with Crippen LogP contribution in [0.4, 0.5) is 0 Å². The SMILES string of the molecule is CCCCCCCCCCCCCCCCCCCCCCOC(=O)c1ccccc1C(=O)OCCCCS(=O)(=O)O. The average molecular weight is 611 g/mol. The van der Waals surface area contributed by atoms with Crippen molar-refractivity contribution < 1.29 is 32.0 Å². The number of rotatable bonds is 28. The van der Waals surface area contributed by atoms with Gasteiger partial charge in [-0.15, -0.1) is 0 Å². The maximum absolute atomic E-state index is 12.5. The summed E-state index contributed by atoms with van der Waals surface area (Å²) in [6.07, 6.45) is 26.7. The second kappa shape index (κ2) is 25.6. The summed E-state index contributed by atoms with van der Waals surface area (Å²) in [6, 6.07) is 6.35. The summed E-state index contributed by atoms with van der Waals surface area (Å²) in [5, 5.41) is 0. The fourth-order valence-corrected chi connectivity index (χ4v) is 5.64. The molecule has 0 bridgehead atoms. The normalized spacial score (nSPS) is 11.5. The van der Waals surface area contributed by atoms with Crippen LogP contribution in [-0.4, -0.2) is 43.9 Å². The molecule has 0 spiro atoms. The van der Waals surface area contributed by atoms with E-state index in [0.717, 1.165) is 19.3 Å². The van der Waals surface area contributed by atoms with Crippen molar-refractivity contribution >= 4 is 22.1 Å². The summed E-state index contributed by atoms with van der Waals surface area (Å²) < 4.78 is 40.8. The molecule has 0 fully saturated rings. The lowest BCUT2D eigenvalue weighted by atomic mass is 10.0. The first-order chi connectivity index (χ1) is 20.3. The number of hydrogen-bond acceptors (Lipinski definition) is 6. The lowest BCUT2D eigenvalue weighted by Gasteiger charge is -2.10. The molecule has 0 saturated carbocycles. The summed E-state index contributed by atoms with van der Waals surface area (Å²) in [5.74, 6) is -1.59. The number of carbonyl (C=O) groups excluding carboxylic acids is 2. The second-order valence-electron chi connectivity index (χ2n) is 11.5. The number of hydrogen-bond donors (Lipinski definition) is 1. The van der Waals surface area contributed by atoms with Crippen LogP contribution in [-0.2, 0) is 19.6 Å². The maximum Gasteiger partial charge on any atom is 0.339 e. The summed E-state index contributed by atoms with van der Waals surface area (Å²) in [4.78, 5) is 24.9. The molecule has 0 heterocycles. The minimum atomic E-state index is -4.03. The Morgan fingerprint density at radius 2 is 0.857 bits per heavy atom. The molecule has 7 nitrogen and oxygen atoms in total. The van der Waals surface area contributed by atoms with E-state index in [1.807, 2.05) is 0 Å². The van der Waals surface area contributed by atoms with Crippen molar-refractivity contribution in [3.05, 3.63) is 35.4 Å². The predicted molar refractivity (Wildman–Crippen MR) is 171 cm³/mol. The third-order valence-corrected chi connectivity index (χ3v) is 8.43. The van der Waals surface area contributed by atoms with Crippen LogP contribution in [0.3, 0.4) is 0 Å². The van der Waals surface area contributed by atoms with Crippen LogP contribution >= 0.6 is 0 Å². The highest BCUT2D eigenvalue weighted by molar-refractivity contribution is 7.85. The molecular weight excluding hydrogens is 552 g/mol. The van der Waals surface area contributed by atoms with Crippen molar-refractivity contribution in [2.75, 3.05) is 19.0 Å². The molecule has 1 N–H and O–H groups in total. The van der Waals surface area contributed by atoms with Gasteiger partial charge in [-0.1, -0.05) is 141 Å². The highest BCUT2D eigenvalue weighted by Crippen LogP contribution is 2.16. The Bertz CT molecular complexity index is 930. The topological polar surface area (TPSA) is 107 Å². The van der Waals surface area contributed by atoms with Gasteiger partial charge in [-0.05, 0) is 31.4 Å². The number of benzene rings is 1. The Kier molecular flexibility index (Phi) is 23.2. The van der Waals surface area contributed by atoms with Crippen molar-refractivity contribution in [2.24, 2.45) is 0 Å². The van der Waals surface area contributed by atoms with Crippen LogP contribution < -0.4 is 0 Å². The second-order valence-corrected chi connectivity index (χ2v) is 13.1. The van der Waals surface area contributed by atoms with E-state index in [1.54, 1.807) is 12.1 Å². The minimum Gasteiger partial charge on any atom is -0.462 e. The Labute approximate surface area is 256 Å². The molecular formula is C34H58O7S. The van der Waals surface area contributed by atoms with Gasteiger partial charge in [0.25, 0.3) is 10.1 Å². The Morgan fingerprint density at radius 3 is 1.19 bits per heavy atom. The number of carbonyl (C=O) groups is 2. The van der Waals surface area contributed by atoms with Gasteiger partial charge in [0.05, 0.1) is 30.1 Å². The van der Waals surface area contributed by atoms with Gasteiger partial charge < -0.3 is 9.47 Å². The van der Waals surface area contributed by atoms with E-state index >= 15 is 0 Å². The quantitative estimate of drug-likeness (QED) is 0.0572. The Balaban J connectivity index is 1.99. The van der Waals surface area contributed by atoms with Crippen molar-refractivity contribution in [2.45, 2.75) is 148 Å². The van der Waals surface area contributed by atoms with Crippen LogP contribution in [0.5, 0.6) is 0 Å². The molecule has 1 rings (SSSR count).